The third-order valence-electron chi connectivity index (χ3n) is 6.41. The van der Waals surface area contributed by atoms with Gasteiger partial charge in [0, 0.05) is 27.7 Å². The van der Waals surface area contributed by atoms with E-state index in [2.05, 4.69) is 11.4 Å². The smallest absolute Gasteiger partial charge is 0.326 e. The fourth-order valence-corrected chi connectivity index (χ4v) is 5.42. The topological polar surface area (TPSA) is 75.6 Å². The Morgan fingerprint density at radius 1 is 0.897 bits per heavy atom. The lowest BCUT2D eigenvalue weighted by atomic mass is 10.0. The summed E-state index contributed by atoms with van der Waals surface area (Å²) in [5.41, 5.74) is 5.48. The molecule has 2 N–H and O–H groups in total. The molecule has 1 amide bonds. The average Bonchev–Trinajstić information content (AvgIpc) is 2.96. The molecule has 7 heteroatoms. The zero-order valence-electron chi connectivity index (χ0n) is 21.0. The van der Waals surface area contributed by atoms with Gasteiger partial charge in [0.05, 0.1) is 0 Å². The fraction of sp³-hybridized carbons (Fsp3) is 0.125. The number of amides is 1. The summed E-state index contributed by atoms with van der Waals surface area (Å²) in [4.78, 5) is 26.1. The SMILES string of the molecule is O=C(NC(Cc1ccc(OCc2ccccc2)cc1)C(=O)O)C1=Cc2ccc(-c3ccc(Cl)cc3)cc2SC1. The van der Waals surface area contributed by atoms with Crippen molar-refractivity contribution in [2.75, 3.05) is 5.75 Å². The van der Waals surface area contributed by atoms with Gasteiger partial charge in [0.25, 0.3) is 0 Å². The van der Waals surface area contributed by atoms with E-state index in [1.165, 1.54) is 0 Å². The lowest BCUT2D eigenvalue weighted by molar-refractivity contribution is -0.141. The first-order chi connectivity index (χ1) is 18.9. The molecular weight excluding hydrogens is 530 g/mol. The molecule has 196 valence electrons. The monoisotopic (exact) mass is 555 g/mol. The van der Waals surface area contributed by atoms with E-state index in [0.717, 1.165) is 32.7 Å². The van der Waals surface area contributed by atoms with Crippen molar-refractivity contribution in [3.63, 3.8) is 0 Å². The van der Waals surface area contributed by atoms with Crippen LogP contribution in [0.4, 0.5) is 0 Å². The number of hydrogen-bond acceptors (Lipinski definition) is 4. The minimum atomic E-state index is -1.08. The number of carboxylic acids is 1. The molecule has 0 aromatic heterocycles. The molecule has 5 rings (SSSR count). The highest BCUT2D eigenvalue weighted by molar-refractivity contribution is 7.99. The van der Waals surface area contributed by atoms with Crippen LogP contribution in [0.25, 0.3) is 17.2 Å². The molecule has 0 bridgehead atoms. The molecule has 4 aromatic rings. The first-order valence-electron chi connectivity index (χ1n) is 12.5. The van der Waals surface area contributed by atoms with E-state index in [0.29, 0.717) is 28.7 Å². The van der Waals surface area contributed by atoms with Crippen molar-refractivity contribution >= 4 is 41.3 Å². The van der Waals surface area contributed by atoms with E-state index >= 15 is 0 Å². The third kappa shape index (κ3) is 6.91. The third-order valence-corrected chi connectivity index (χ3v) is 7.78. The summed E-state index contributed by atoms with van der Waals surface area (Å²) in [6.07, 6.45) is 2.01. The van der Waals surface area contributed by atoms with Crippen LogP contribution in [0.15, 0.2) is 108 Å². The van der Waals surface area contributed by atoms with Crippen LogP contribution < -0.4 is 10.1 Å². The van der Waals surface area contributed by atoms with Gasteiger partial charge in [-0.3, -0.25) is 4.79 Å². The molecule has 0 aliphatic carbocycles. The van der Waals surface area contributed by atoms with Gasteiger partial charge in [-0.15, -0.1) is 11.8 Å². The second-order valence-electron chi connectivity index (χ2n) is 9.20. The van der Waals surface area contributed by atoms with Crippen LogP contribution in [-0.2, 0) is 22.6 Å². The number of nitrogens with one attached hydrogen (secondary N) is 1. The quantitative estimate of drug-likeness (QED) is 0.235. The van der Waals surface area contributed by atoms with Crippen molar-refractivity contribution in [2.24, 2.45) is 0 Å². The molecular formula is C32H26ClNO4S. The summed E-state index contributed by atoms with van der Waals surface area (Å²) in [5.74, 6) is -0.293. The number of benzene rings is 4. The number of carboxylic acid groups (broad SMARTS) is 1. The molecule has 1 heterocycles. The molecule has 39 heavy (non-hydrogen) atoms. The van der Waals surface area contributed by atoms with Crippen LogP contribution in [0.1, 0.15) is 16.7 Å². The van der Waals surface area contributed by atoms with Gasteiger partial charge in [-0.1, -0.05) is 78.3 Å². The van der Waals surface area contributed by atoms with Crippen molar-refractivity contribution in [1.82, 2.24) is 5.32 Å². The van der Waals surface area contributed by atoms with Crippen LogP contribution in [0.2, 0.25) is 5.02 Å². The van der Waals surface area contributed by atoms with Crippen LogP contribution >= 0.6 is 23.4 Å². The van der Waals surface area contributed by atoms with Gasteiger partial charge in [0.15, 0.2) is 0 Å². The molecule has 0 saturated carbocycles. The summed E-state index contributed by atoms with van der Waals surface area (Å²) in [5, 5.41) is 13.2. The Labute approximate surface area is 236 Å². The van der Waals surface area contributed by atoms with Crippen LogP contribution in [0, 0.1) is 0 Å². The number of thioether (sulfide) groups is 1. The van der Waals surface area contributed by atoms with Crippen molar-refractivity contribution in [3.05, 3.63) is 124 Å². The Morgan fingerprint density at radius 3 is 2.33 bits per heavy atom. The number of ether oxygens (including phenoxy) is 1. The number of carbonyl (C=O) groups is 2. The molecule has 0 spiro atoms. The molecule has 0 radical (unpaired) electrons. The van der Waals surface area contributed by atoms with Crippen LogP contribution in [0.5, 0.6) is 5.75 Å². The lowest BCUT2D eigenvalue weighted by Crippen LogP contribution is -2.43. The number of halogens is 1. The van der Waals surface area contributed by atoms with Crippen molar-refractivity contribution in [3.8, 4) is 16.9 Å². The highest BCUT2D eigenvalue weighted by Gasteiger charge is 2.24. The fourth-order valence-electron chi connectivity index (χ4n) is 4.27. The minimum absolute atomic E-state index is 0.168. The largest absolute Gasteiger partial charge is 0.489 e. The molecule has 1 aliphatic rings. The summed E-state index contributed by atoms with van der Waals surface area (Å²) >= 11 is 7.57. The predicted molar refractivity (Wildman–Crippen MR) is 156 cm³/mol. The summed E-state index contributed by atoms with van der Waals surface area (Å²) in [6.45, 7) is 0.451. The van der Waals surface area contributed by atoms with E-state index in [1.807, 2.05) is 97.1 Å². The Hall–Kier alpha value is -4.00. The Bertz CT molecular complexity index is 1500. The van der Waals surface area contributed by atoms with E-state index < -0.39 is 12.0 Å². The highest BCUT2D eigenvalue weighted by atomic mass is 35.5. The van der Waals surface area contributed by atoms with Crippen LogP contribution in [0.3, 0.4) is 0 Å². The maximum Gasteiger partial charge on any atom is 0.326 e. The Kier molecular flexibility index (Phi) is 8.35. The Balaban J connectivity index is 1.21. The lowest BCUT2D eigenvalue weighted by Gasteiger charge is -2.20. The zero-order valence-corrected chi connectivity index (χ0v) is 22.5. The van der Waals surface area contributed by atoms with Gasteiger partial charge >= 0.3 is 5.97 Å². The minimum Gasteiger partial charge on any atom is -0.489 e. The van der Waals surface area contributed by atoms with Crippen LogP contribution in [-0.4, -0.2) is 28.8 Å². The molecule has 1 aliphatic heterocycles. The molecule has 4 aromatic carbocycles. The van der Waals surface area contributed by atoms with E-state index in [1.54, 1.807) is 11.8 Å². The number of fused-ring (bicyclic) bond motifs is 1. The van der Waals surface area contributed by atoms with E-state index in [9.17, 15) is 14.7 Å². The van der Waals surface area contributed by atoms with Crippen molar-refractivity contribution in [1.29, 1.82) is 0 Å². The van der Waals surface area contributed by atoms with Gasteiger partial charge < -0.3 is 15.2 Å². The normalized spacial score (nSPS) is 13.1. The standard InChI is InChI=1S/C32H26ClNO4S/c33-27-12-10-23(11-13-27)24-8-9-25-17-26(20-39-30(25)18-24)31(35)34-29(32(36)37)16-21-6-14-28(15-7-21)38-19-22-4-2-1-3-5-22/h1-15,17-18,29H,16,19-20H2,(H,34,35)(H,36,37). The molecule has 5 nitrogen and oxygen atoms in total. The zero-order chi connectivity index (χ0) is 27.2. The van der Waals surface area contributed by atoms with E-state index in [-0.39, 0.29) is 12.3 Å². The van der Waals surface area contributed by atoms with Crippen molar-refractivity contribution in [2.45, 2.75) is 24.0 Å². The van der Waals surface area contributed by atoms with Gasteiger partial charge in [0.1, 0.15) is 18.4 Å². The number of rotatable bonds is 9. The van der Waals surface area contributed by atoms with Gasteiger partial charge in [-0.2, -0.15) is 0 Å². The maximum absolute atomic E-state index is 13.0. The summed E-state index contributed by atoms with van der Waals surface area (Å²) < 4.78 is 5.81. The number of aliphatic carboxylic acids is 1. The predicted octanol–water partition coefficient (Wildman–Crippen LogP) is 6.89. The summed E-state index contributed by atoms with van der Waals surface area (Å²) in [6, 6.07) is 29.9. The highest BCUT2D eigenvalue weighted by Crippen LogP contribution is 2.35. The first kappa shape index (κ1) is 26.6. The number of hydrogen-bond donors (Lipinski definition) is 2. The van der Waals surface area contributed by atoms with Crippen molar-refractivity contribution < 1.29 is 19.4 Å². The van der Waals surface area contributed by atoms with Gasteiger partial charge in [-0.05, 0) is 64.2 Å². The van der Waals surface area contributed by atoms with E-state index in [4.69, 9.17) is 16.3 Å². The molecule has 0 saturated heterocycles. The van der Waals surface area contributed by atoms with Gasteiger partial charge in [0.2, 0.25) is 5.91 Å². The maximum atomic E-state index is 13.0. The molecule has 1 atom stereocenters. The average molecular weight is 556 g/mol. The second kappa shape index (κ2) is 12.2. The molecule has 1 unspecified atom stereocenters. The second-order valence-corrected chi connectivity index (χ2v) is 10.7. The molecule has 0 fully saturated rings. The Morgan fingerprint density at radius 2 is 1.62 bits per heavy atom. The first-order valence-corrected chi connectivity index (χ1v) is 13.8. The number of carbonyl (C=O) groups excluding carboxylic acids is 1. The van der Waals surface area contributed by atoms with Gasteiger partial charge in [-0.25, -0.2) is 4.79 Å². The summed E-state index contributed by atoms with van der Waals surface area (Å²) in [7, 11) is 0.